The highest BCUT2D eigenvalue weighted by atomic mass is 19.1. The SMILES string of the molecule is O=C(c1cn2c(cc1=O)C(=O)N1[C@H]3CC[C@H](C3)[C@H]1C2)N(O)Cc1c(F)cc(F)cc1F. The summed E-state index contributed by atoms with van der Waals surface area (Å²) in [4.78, 5) is 39.9. The van der Waals surface area contributed by atoms with E-state index in [4.69, 9.17) is 0 Å². The molecule has 2 fully saturated rings. The van der Waals surface area contributed by atoms with Crippen LogP contribution in [0.5, 0.6) is 0 Å². The molecule has 1 aromatic carbocycles. The summed E-state index contributed by atoms with van der Waals surface area (Å²) in [5, 5.41) is 10.1. The molecular formula is C21H18F3N3O4. The van der Waals surface area contributed by atoms with Crippen molar-refractivity contribution in [3.8, 4) is 0 Å². The molecule has 2 aromatic rings. The van der Waals surface area contributed by atoms with Crippen molar-refractivity contribution in [1.82, 2.24) is 14.5 Å². The van der Waals surface area contributed by atoms with Crippen molar-refractivity contribution in [2.24, 2.45) is 5.92 Å². The van der Waals surface area contributed by atoms with Crippen molar-refractivity contribution >= 4 is 11.8 Å². The largest absolute Gasteiger partial charge is 0.340 e. The first kappa shape index (κ1) is 19.8. The maximum atomic E-state index is 13.8. The van der Waals surface area contributed by atoms with Gasteiger partial charge in [0.25, 0.3) is 11.8 Å². The van der Waals surface area contributed by atoms with Crippen molar-refractivity contribution < 1.29 is 28.0 Å². The van der Waals surface area contributed by atoms with E-state index in [9.17, 15) is 32.8 Å². The normalized spacial score (nSPS) is 23.7. The number of carbonyl (C=O) groups excluding carboxylic acids is 2. The van der Waals surface area contributed by atoms with Crippen LogP contribution in [-0.2, 0) is 13.1 Å². The van der Waals surface area contributed by atoms with Crippen molar-refractivity contribution in [1.29, 1.82) is 0 Å². The first-order valence-electron chi connectivity index (χ1n) is 9.96. The monoisotopic (exact) mass is 433 g/mol. The summed E-state index contributed by atoms with van der Waals surface area (Å²) in [6, 6.07) is 2.09. The number of halogens is 3. The van der Waals surface area contributed by atoms with E-state index in [1.807, 2.05) is 4.90 Å². The van der Waals surface area contributed by atoms with E-state index in [0.717, 1.165) is 25.3 Å². The summed E-state index contributed by atoms with van der Waals surface area (Å²) in [7, 11) is 0. The number of fused-ring (bicyclic) bond motifs is 6. The Balaban J connectivity index is 1.44. The summed E-state index contributed by atoms with van der Waals surface area (Å²) in [5.74, 6) is -4.73. The second-order valence-corrected chi connectivity index (χ2v) is 8.31. The molecule has 3 heterocycles. The van der Waals surface area contributed by atoms with Gasteiger partial charge in [-0.15, -0.1) is 0 Å². The molecule has 2 bridgehead atoms. The maximum absolute atomic E-state index is 13.8. The molecule has 1 saturated heterocycles. The Morgan fingerprint density at radius 3 is 2.55 bits per heavy atom. The van der Waals surface area contributed by atoms with Crippen molar-refractivity contribution in [3.63, 3.8) is 0 Å². The van der Waals surface area contributed by atoms with E-state index in [0.29, 0.717) is 24.6 Å². The van der Waals surface area contributed by atoms with E-state index in [-0.39, 0.29) is 28.7 Å². The molecule has 0 radical (unpaired) electrons. The lowest BCUT2D eigenvalue weighted by atomic mass is 9.96. The fraction of sp³-hybridized carbons (Fsp3) is 0.381. The minimum Gasteiger partial charge on any atom is -0.340 e. The summed E-state index contributed by atoms with van der Waals surface area (Å²) in [5.41, 5.74) is -1.77. The number of hydrogen-bond acceptors (Lipinski definition) is 4. The Kier molecular flexibility index (Phi) is 4.44. The lowest BCUT2D eigenvalue weighted by Gasteiger charge is -2.40. The molecule has 1 saturated carbocycles. The van der Waals surface area contributed by atoms with Crippen LogP contribution in [0.4, 0.5) is 13.2 Å². The molecule has 162 valence electrons. The molecule has 1 aromatic heterocycles. The zero-order valence-electron chi connectivity index (χ0n) is 16.2. The van der Waals surface area contributed by atoms with E-state index < -0.39 is 46.5 Å². The first-order chi connectivity index (χ1) is 14.7. The van der Waals surface area contributed by atoms with Crippen LogP contribution in [0.3, 0.4) is 0 Å². The maximum Gasteiger partial charge on any atom is 0.283 e. The number of rotatable bonds is 3. The number of hydroxylamine groups is 2. The molecule has 2 amide bonds. The van der Waals surface area contributed by atoms with Crippen LogP contribution in [0.15, 0.2) is 29.2 Å². The van der Waals surface area contributed by atoms with Gasteiger partial charge in [-0.05, 0) is 25.2 Å². The third-order valence-electron chi connectivity index (χ3n) is 6.58. The number of benzene rings is 1. The molecular weight excluding hydrogens is 415 g/mol. The van der Waals surface area contributed by atoms with Crippen LogP contribution < -0.4 is 5.43 Å². The smallest absolute Gasteiger partial charge is 0.283 e. The third-order valence-corrected chi connectivity index (χ3v) is 6.58. The summed E-state index contributed by atoms with van der Waals surface area (Å²) in [6.07, 6.45) is 4.12. The molecule has 0 spiro atoms. The predicted molar refractivity (Wildman–Crippen MR) is 99.8 cm³/mol. The van der Waals surface area contributed by atoms with Crippen LogP contribution in [0, 0.1) is 23.4 Å². The van der Waals surface area contributed by atoms with Gasteiger partial charge in [0.2, 0.25) is 0 Å². The van der Waals surface area contributed by atoms with Crippen LogP contribution in [-0.4, -0.2) is 43.6 Å². The number of hydrogen-bond donors (Lipinski definition) is 1. The van der Waals surface area contributed by atoms with Crippen LogP contribution in [0.1, 0.15) is 45.7 Å². The molecule has 2 aliphatic heterocycles. The molecule has 0 unspecified atom stereocenters. The Morgan fingerprint density at radius 2 is 1.84 bits per heavy atom. The number of carbonyl (C=O) groups is 2. The average Bonchev–Trinajstić information content (AvgIpc) is 3.32. The average molecular weight is 433 g/mol. The van der Waals surface area contributed by atoms with E-state index in [2.05, 4.69) is 0 Å². The summed E-state index contributed by atoms with van der Waals surface area (Å²) >= 11 is 0. The number of pyridine rings is 1. The lowest BCUT2D eigenvalue weighted by molar-refractivity contribution is -0.0661. The number of piperidine rings is 1. The summed E-state index contributed by atoms with van der Waals surface area (Å²) < 4.78 is 42.3. The Bertz CT molecular complexity index is 1160. The lowest BCUT2D eigenvalue weighted by Crippen LogP contribution is -2.52. The third kappa shape index (κ3) is 3.04. The minimum atomic E-state index is -1.27. The highest BCUT2D eigenvalue weighted by Crippen LogP contribution is 2.45. The summed E-state index contributed by atoms with van der Waals surface area (Å²) in [6.45, 7) is -0.494. The Labute approximate surface area is 174 Å². The topological polar surface area (TPSA) is 82.9 Å². The van der Waals surface area contributed by atoms with Gasteiger partial charge in [-0.1, -0.05) is 0 Å². The Hall–Kier alpha value is -3.14. The van der Waals surface area contributed by atoms with E-state index >= 15 is 0 Å². The van der Waals surface area contributed by atoms with Gasteiger partial charge >= 0.3 is 0 Å². The zero-order valence-corrected chi connectivity index (χ0v) is 16.2. The first-order valence-corrected chi connectivity index (χ1v) is 9.96. The van der Waals surface area contributed by atoms with Crippen LogP contribution in [0.2, 0.25) is 0 Å². The highest BCUT2D eigenvalue weighted by Gasteiger charge is 2.50. The quantitative estimate of drug-likeness (QED) is 0.595. The fourth-order valence-corrected chi connectivity index (χ4v) is 5.13. The van der Waals surface area contributed by atoms with Gasteiger partial charge in [0.05, 0.1) is 12.6 Å². The van der Waals surface area contributed by atoms with Gasteiger partial charge in [0.1, 0.15) is 28.7 Å². The Morgan fingerprint density at radius 1 is 1.13 bits per heavy atom. The second kappa shape index (κ2) is 6.94. The van der Waals surface area contributed by atoms with Gasteiger partial charge in [-0.2, -0.15) is 0 Å². The van der Waals surface area contributed by atoms with Gasteiger partial charge in [0, 0.05) is 42.5 Å². The van der Waals surface area contributed by atoms with Gasteiger partial charge in [-0.3, -0.25) is 19.6 Å². The molecule has 3 atom stereocenters. The molecule has 7 nitrogen and oxygen atoms in total. The van der Waals surface area contributed by atoms with E-state index in [1.54, 1.807) is 0 Å². The molecule has 3 aliphatic rings. The van der Waals surface area contributed by atoms with Crippen molar-refractivity contribution in [3.05, 3.63) is 68.9 Å². The van der Waals surface area contributed by atoms with E-state index in [1.165, 1.54) is 10.8 Å². The highest BCUT2D eigenvalue weighted by molar-refractivity contribution is 5.97. The molecule has 1 aliphatic carbocycles. The predicted octanol–water partition coefficient (Wildman–Crippen LogP) is 2.30. The van der Waals surface area contributed by atoms with Gasteiger partial charge in [0.15, 0.2) is 5.43 Å². The molecule has 31 heavy (non-hydrogen) atoms. The van der Waals surface area contributed by atoms with Gasteiger partial charge < -0.3 is 9.47 Å². The molecule has 10 heteroatoms. The molecule has 1 N–H and O–H groups in total. The zero-order chi connectivity index (χ0) is 22.0. The van der Waals surface area contributed by atoms with Crippen molar-refractivity contribution in [2.75, 3.05) is 0 Å². The van der Waals surface area contributed by atoms with Gasteiger partial charge in [-0.25, -0.2) is 18.2 Å². The fourth-order valence-electron chi connectivity index (χ4n) is 5.13. The number of nitrogens with zero attached hydrogens (tertiary/aromatic N) is 3. The number of aromatic nitrogens is 1. The second-order valence-electron chi connectivity index (χ2n) is 8.31. The standard InChI is InChI=1S/C21H18F3N3O4/c22-11-4-15(23)13(16(24)5-11)8-26(31)20(29)14-7-25-9-18-10-1-2-12(3-10)27(18)21(30)17(25)6-19(14)28/h4-7,10,12,18,31H,1-3,8-9H2/t10-,12+,18-/m1/s1. The van der Waals surface area contributed by atoms with Crippen LogP contribution >= 0.6 is 0 Å². The van der Waals surface area contributed by atoms with Crippen molar-refractivity contribution in [2.45, 2.75) is 44.4 Å². The molecule has 5 rings (SSSR count). The van der Waals surface area contributed by atoms with Crippen LogP contribution in [0.25, 0.3) is 0 Å². The minimum absolute atomic E-state index is 0.00241. The number of amides is 2.